The zero-order valence-corrected chi connectivity index (χ0v) is 26.8. The number of hydrogen-bond donors (Lipinski definition) is 2. The molecule has 0 saturated carbocycles. The number of allylic oxidation sites excluding steroid dienone is 1. The second-order valence-corrected chi connectivity index (χ2v) is 12.0. The van der Waals surface area contributed by atoms with Gasteiger partial charge in [-0.25, -0.2) is 15.0 Å². The third-order valence-electron chi connectivity index (χ3n) is 8.29. The van der Waals surface area contributed by atoms with E-state index in [1.54, 1.807) is 26.5 Å². The standard InChI is InChI=1S/C32H40Cl2N6O4/c1-4-22(41)15-20-9-14-44-19-24(20)38-32-36-18-21-16-23(27-28(33)25(42-2)17-26(43-3)29(27)34)37-31(30(21)39-32)35-10-5-6-11-40-12-7-8-13-40/h4,16-18,20,24H,1,5-15,19H2,2-3H3,(H,35,37)(H,36,38,39)/t20-,24-/m1/s1. The van der Waals surface area contributed by atoms with Gasteiger partial charge >= 0.3 is 0 Å². The normalized spacial score (nSPS) is 18.7. The number of ketones is 1. The molecule has 0 bridgehead atoms. The van der Waals surface area contributed by atoms with Gasteiger partial charge in [-0.15, -0.1) is 0 Å². The van der Waals surface area contributed by atoms with Crippen LogP contribution in [0.4, 0.5) is 11.8 Å². The number of ether oxygens (including phenoxy) is 3. The number of carbonyl (C=O) groups is 1. The lowest BCUT2D eigenvalue weighted by Gasteiger charge is -2.31. The van der Waals surface area contributed by atoms with Crippen LogP contribution in [0.1, 0.15) is 38.5 Å². The van der Waals surface area contributed by atoms with Crippen LogP contribution in [0.3, 0.4) is 0 Å². The summed E-state index contributed by atoms with van der Waals surface area (Å²) in [7, 11) is 3.08. The number of carbonyl (C=O) groups excluding carboxylic acids is 1. The van der Waals surface area contributed by atoms with Crippen molar-refractivity contribution in [3.63, 3.8) is 0 Å². The molecule has 0 unspecified atom stereocenters. The van der Waals surface area contributed by atoms with E-state index in [9.17, 15) is 4.79 Å². The van der Waals surface area contributed by atoms with E-state index in [-0.39, 0.29) is 17.7 Å². The third-order valence-corrected chi connectivity index (χ3v) is 9.04. The second-order valence-electron chi connectivity index (χ2n) is 11.2. The molecule has 2 aromatic heterocycles. The van der Waals surface area contributed by atoms with E-state index in [1.807, 2.05) is 6.07 Å². The number of aromatic nitrogens is 3. The predicted molar refractivity (Wildman–Crippen MR) is 175 cm³/mol. The fourth-order valence-corrected chi connectivity index (χ4v) is 6.53. The predicted octanol–water partition coefficient (Wildman–Crippen LogP) is 6.27. The van der Waals surface area contributed by atoms with Crippen LogP contribution < -0.4 is 20.1 Å². The van der Waals surface area contributed by atoms with Gasteiger partial charge < -0.3 is 29.7 Å². The van der Waals surface area contributed by atoms with Gasteiger partial charge in [0.25, 0.3) is 0 Å². The quantitative estimate of drug-likeness (QED) is 0.154. The molecule has 2 aliphatic rings. The Balaban J connectivity index is 1.46. The van der Waals surface area contributed by atoms with Crippen molar-refractivity contribution in [1.29, 1.82) is 0 Å². The highest BCUT2D eigenvalue weighted by molar-refractivity contribution is 6.41. The molecule has 0 aliphatic carbocycles. The summed E-state index contributed by atoms with van der Waals surface area (Å²) < 4.78 is 16.7. The molecule has 2 atom stereocenters. The van der Waals surface area contributed by atoms with Gasteiger partial charge in [0.15, 0.2) is 11.6 Å². The first-order chi connectivity index (χ1) is 21.4. The number of hydrogen-bond acceptors (Lipinski definition) is 10. The highest BCUT2D eigenvalue weighted by atomic mass is 35.5. The molecule has 5 rings (SSSR count). The number of pyridine rings is 1. The van der Waals surface area contributed by atoms with Crippen LogP contribution in [0.25, 0.3) is 22.2 Å². The molecule has 2 saturated heterocycles. The molecule has 44 heavy (non-hydrogen) atoms. The number of likely N-dealkylation sites (tertiary alicyclic amines) is 1. The van der Waals surface area contributed by atoms with E-state index in [0.29, 0.717) is 69.7 Å². The number of methoxy groups -OCH3 is 2. The SMILES string of the molecule is C=CC(=O)C[C@H]1CCOC[C@H]1Nc1ncc2cc(-c3c(Cl)c(OC)cc(OC)c3Cl)nc(NCCCCN3CCCC3)c2n1. The molecular formula is C32H40Cl2N6O4. The number of unbranched alkanes of at least 4 members (excludes halogenated alkanes) is 1. The summed E-state index contributed by atoms with van der Waals surface area (Å²) >= 11 is 13.5. The first-order valence-corrected chi connectivity index (χ1v) is 15.9. The molecule has 0 spiro atoms. The molecule has 10 nitrogen and oxygen atoms in total. The Hall–Kier alpha value is -3.18. The van der Waals surface area contributed by atoms with Crippen molar-refractivity contribution in [2.24, 2.45) is 5.92 Å². The maximum Gasteiger partial charge on any atom is 0.223 e. The monoisotopic (exact) mass is 642 g/mol. The Kier molecular flexibility index (Phi) is 11.1. The minimum Gasteiger partial charge on any atom is -0.495 e. The van der Waals surface area contributed by atoms with Crippen LogP contribution in [-0.2, 0) is 9.53 Å². The largest absolute Gasteiger partial charge is 0.495 e. The van der Waals surface area contributed by atoms with Gasteiger partial charge in [0.1, 0.15) is 17.0 Å². The van der Waals surface area contributed by atoms with Gasteiger partial charge in [0, 0.05) is 42.8 Å². The fourth-order valence-electron chi connectivity index (χ4n) is 5.84. The van der Waals surface area contributed by atoms with Gasteiger partial charge in [0.2, 0.25) is 5.95 Å². The smallest absolute Gasteiger partial charge is 0.223 e. The molecule has 12 heteroatoms. The zero-order valence-electron chi connectivity index (χ0n) is 25.3. The number of nitrogens with zero attached hydrogens (tertiary/aromatic N) is 4. The highest BCUT2D eigenvalue weighted by Gasteiger charge is 2.28. The maximum absolute atomic E-state index is 12.1. The summed E-state index contributed by atoms with van der Waals surface area (Å²) in [4.78, 5) is 29.1. The van der Waals surface area contributed by atoms with Gasteiger partial charge in [-0.1, -0.05) is 29.8 Å². The summed E-state index contributed by atoms with van der Waals surface area (Å²) in [6.45, 7) is 8.89. The van der Waals surface area contributed by atoms with Crippen LogP contribution in [0.15, 0.2) is 31.0 Å². The average Bonchev–Trinajstić information content (AvgIpc) is 3.56. The van der Waals surface area contributed by atoms with E-state index in [1.165, 1.54) is 32.0 Å². The number of anilines is 2. The van der Waals surface area contributed by atoms with Crippen molar-refractivity contribution < 1.29 is 19.0 Å². The van der Waals surface area contributed by atoms with Gasteiger partial charge in [-0.3, -0.25) is 4.79 Å². The maximum atomic E-state index is 12.1. The minimum atomic E-state index is -0.110. The molecular weight excluding hydrogens is 603 g/mol. The van der Waals surface area contributed by atoms with Crippen LogP contribution in [0.2, 0.25) is 10.0 Å². The van der Waals surface area contributed by atoms with Crippen LogP contribution in [-0.4, -0.2) is 85.3 Å². The summed E-state index contributed by atoms with van der Waals surface area (Å²) in [5, 5.41) is 8.35. The summed E-state index contributed by atoms with van der Waals surface area (Å²) in [6.07, 6.45) is 8.94. The van der Waals surface area contributed by atoms with Crippen LogP contribution in [0.5, 0.6) is 11.5 Å². The Morgan fingerprint density at radius 1 is 1.14 bits per heavy atom. The molecule has 236 valence electrons. The van der Waals surface area contributed by atoms with Gasteiger partial charge in [0.05, 0.1) is 42.6 Å². The lowest BCUT2D eigenvalue weighted by molar-refractivity contribution is -0.116. The fraction of sp³-hybridized carbons (Fsp3) is 0.500. The summed E-state index contributed by atoms with van der Waals surface area (Å²) in [6, 6.07) is 3.40. The number of fused-ring (bicyclic) bond motifs is 1. The lowest BCUT2D eigenvalue weighted by Crippen LogP contribution is -2.40. The topological polar surface area (TPSA) is 111 Å². The van der Waals surface area contributed by atoms with Crippen molar-refractivity contribution in [3.8, 4) is 22.8 Å². The molecule has 0 radical (unpaired) electrons. The molecule has 3 aromatic rings. The number of nitrogens with one attached hydrogen (secondary N) is 2. The average molecular weight is 644 g/mol. The zero-order chi connectivity index (χ0) is 31.1. The lowest BCUT2D eigenvalue weighted by atomic mass is 9.90. The van der Waals surface area contributed by atoms with E-state index < -0.39 is 0 Å². The Morgan fingerprint density at radius 3 is 2.59 bits per heavy atom. The molecule has 2 aliphatic heterocycles. The van der Waals surface area contributed by atoms with E-state index >= 15 is 0 Å². The van der Waals surface area contributed by atoms with E-state index in [2.05, 4.69) is 27.1 Å². The summed E-state index contributed by atoms with van der Waals surface area (Å²) in [5.41, 5.74) is 1.69. The van der Waals surface area contributed by atoms with Crippen LogP contribution >= 0.6 is 23.2 Å². The minimum absolute atomic E-state index is 0.0163. The number of benzene rings is 1. The second kappa shape index (κ2) is 15.2. The van der Waals surface area contributed by atoms with E-state index in [4.69, 9.17) is 47.4 Å². The highest BCUT2D eigenvalue weighted by Crippen LogP contribution is 2.46. The first kappa shape index (κ1) is 32.2. The van der Waals surface area contributed by atoms with Crippen molar-refractivity contribution in [2.75, 3.05) is 64.2 Å². The van der Waals surface area contributed by atoms with Crippen molar-refractivity contribution in [2.45, 2.75) is 44.6 Å². The molecule has 0 amide bonds. The van der Waals surface area contributed by atoms with E-state index in [0.717, 1.165) is 37.7 Å². The number of halogens is 2. The Labute approximate surface area is 268 Å². The molecule has 1 aromatic carbocycles. The molecule has 2 N–H and O–H groups in total. The third kappa shape index (κ3) is 7.54. The van der Waals surface area contributed by atoms with Crippen molar-refractivity contribution in [3.05, 3.63) is 41.0 Å². The molecule has 4 heterocycles. The van der Waals surface area contributed by atoms with Crippen molar-refractivity contribution >= 4 is 51.7 Å². The Morgan fingerprint density at radius 2 is 1.89 bits per heavy atom. The van der Waals surface area contributed by atoms with Crippen molar-refractivity contribution in [1.82, 2.24) is 19.9 Å². The Bertz CT molecular complexity index is 1450. The van der Waals surface area contributed by atoms with Crippen LogP contribution in [0, 0.1) is 5.92 Å². The number of rotatable bonds is 14. The first-order valence-electron chi connectivity index (χ1n) is 15.2. The summed E-state index contributed by atoms with van der Waals surface area (Å²) in [5.74, 6) is 2.00. The van der Waals surface area contributed by atoms with Gasteiger partial charge in [-0.05, 0) is 69.8 Å². The molecule has 2 fully saturated rings. The van der Waals surface area contributed by atoms with Gasteiger partial charge in [-0.2, -0.15) is 0 Å².